The molecule has 6 aromatic heterocycles. The third-order valence-electron chi connectivity index (χ3n) is 26.2. The van der Waals surface area contributed by atoms with E-state index < -0.39 is 0 Å². The highest BCUT2D eigenvalue weighted by atomic mass is 16.3. The molecule has 0 atom stereocenters. The first-order valence-corrected chi connectivity index (χ1v) is 47.1. The van der Waals surface area contributed by atoms with Crippen LogP contribution in [0, 0.1) is 0 Å². The molecule has 0 N–H and O–H groups in total. The Morgan fingerprint density at radius 2 is 0.362 bits per heavy atom. The standard InChI is InChI=1S/3C43H27N3O/c1-3-11-28(12-4-1)29-21-23-30(24-22-29)32-17-9-18-35(25-32)42-44-41(31-13-5-2-6-14-31)45-43(46-42)37-20-10-19-36-38-26-33-15-7-8-16-34(33)27-39(38)47-40(36)37;1-3-10-28(11-4-1)30-18-22-32(23-19-30)41-44-42(33-24-20-31(21-25-33)29-12-5-2-6-13-29)46-43(45-41)36-16-9-17-38-40(36)37-26-34-14-7-8-15-35(34)27-39(37)47-38;1-3-10-28(11-4-1)29-18-20-30(21-19-29)32-16-9-17-35(24-32)42-44-41(31-12-5-2-6-13-31)45-43(46-42)36-22-23-37-38-25-33-14-7-8-15-34(33)26-40(38)47-39(37)27-36/h3*1-27H. The summed E-state index contributed by atoms with van der Waals surface area (Å²) in [7, 11) is 0. The van der Waals surface area contributed by atoms with E-state index >= 15 is 0 Å². The maximum Gasteiger partial charge on any atom is 0.167 e. The fraction of sp³-hybridized carbons (Fsp3) is 0. The molecular formula is C129H81N9O3. The minimum atomic E-state index is 0.570. The molecule has 0 radical (unpaired) electrons. The fourth-order valence-electron chi connectivity index (χ4n) is 18.9. The van der Waals surface area contributed by atoms with Gasteiger partial charge in [-0.25, -0.2) is 44.9 Å². The molecule has 0 aliphatic carbocycles. The molecule has 660 valence electrons. The highest BCUT2D eigenvalue weighted by molar-refractivity contribution is 6.16. The Morgan fingerprint density at radius 1 is 0.121 bits per heavy atom. The Bertz CT molecular complexity index is 9270. The van der Waals surface area contributed by atoms with Gasteiger partial charge in [0.2, 0.25) is 0 Å². The van der Waals surface area contributed by atoms with Crippen molar-refractivity contribution in [1.82, 2.24) is 44.9 Å². The number of fused-ring (bicyclic) bond motifs is 12. The van der Waals surface area contributed by atoms with Crippen LogP contribution >= 0.6 is 0 Å². The van der Waals surface area contributed by atoms with Crippen molar-refractivity contribution in [2.75, 3.05) is 0 Å². The third kappa shape index (κ3) is 16.8. The Morgan fingerprint density at radius 3 is 0.766 bits per heavy atom. The lowest BCUT2D eigenvalue weighted by molar-refractivity contribution is 0.669. The third-order valence-corrected chi connectivity index (χ3v) is 26.2. The maximum atomic E-state index is 6.56. The smallest absolute Gasteiger partial charge is 0.167 e. The van der Waals surface area contributed by atoms with Gasteiger partial charge >= 0.3 is 0 Å². The highest BCUT2D eigenvalue weighted by Gasteiger charge is 2.24. The molecule has 0 aliphatic rings. The number of aromatic nitrogens is 9. The zero-order valence-electron chi connectivity index (χ0n) is 76.0. The van der Waals surface area contributed by atoms with Gasteiger partial charge in [-0.05, 0) is 172 Å². The van der Waals surface area contributed by atoms with Crippen LogP contribution in [-0.2, 0) is 0 Å². The zero-order chi connectivity index (χ0) is 93.5. The van der Waals surface area contributed by atoms with Crippen LogP contribution in [0.4, 0.5) is 0 Å². The van der Waals surface area contributed by atoms with E-state index in [1.54, 1.807) is 0 Å². The highest BCUT2D eigenvalue weighted by Crippen LogP contribution is 2.44. The summed E-state index contributed by atoms with van der Waals surface area (Å²) in [5.41, 5.74) is 26.9. The molecule has 6 heterocycles. The molecular weight excluding hydrogens is 1720 g/mol. The first-order valence-electron chi connectivity index (χ1n) is 47.1. The minimum absolute atomic E-state index is 0.570. The molecule has 12 heteroatoms. The molecule has 0 spiro atoms. The van der Waals surface area contributed by atoms with Crippen LogP contribution in [0.1, 0.15) is 0 Å². The number of hydrogen-bond acceptors (Lipinski definition) is 12. The minimum Gasteiger partial charge on any atom is -0.456 e. The van der Waals surface area contributed by atoms with Gasteiger partial charge in [-0.2, -0.15) is 0 Å². The van der Waals surface area contributed by atoms with Crippen molar-refractivity contribution < 1.29 is 13.3 Å². The summed E-state index contributed by atoms with van der Waals surface area (Å²) in [6.07, 6.45) is 0. The van der Waals surface area contributed by atoms with Crippen molar-refractivity contribution >= 4 is 98.1 Å². The topological polar surface area (TPSA) is 155 Å². The van der Waals surface area contributed by atoms with Crippen LogP contribution in [0.15, 0.2) is 505 Å². The van der Waals surface area contributed by atoms with Gasteiger partial charge < -0.3 is 13.3 Å². The fourth-order valence-corrected chi connectivity index (χ4v) is 18.9. The van der Waals surface area contributed by atoms with Crippen LogP contribution in [0.5, 0.6) is 0 Å². The monoisotopic (exact) mass is 1800 g/mol. The summed E-state index contributed by atoms with van der Waals surface area (Å²) in [5.74, 6) is 5.47. The molecule has 0 saturated carbocycles. The van der Waals surface area contributed by atoms with Crippen molar-refractivity contribution in [3.63, 3.8) is 0 Å². The molecule has 21 aromatic carbocycles. The predicted molar refractivity (Wildman–Crippen MR) is 575 cm³/mol. The van der Waals surface area contributed by atoms with E-state index in [9.17, 15) is 0 Å². The van der Waals surface area contributed by atoms with Crippen molar-refractivity contribution in [3.05, 3.63) is 491 Å². The summed E-state index contributed by atoms with van der Waals surface area (Å²) in [4.78, 5) is 45.3. The number of para-hydroxylation sites is 1. The summed E-state index contributed by atoms with van der Waals surface area (Å²) in [6, 6.07) is 169. The molecule has 12 nitrogen and oxygen atoms in total. The molecule has 0 fully saturated rings. The second kappa shape index (κ2) is 36.6. The number of rotatable bonds is 15. The van der Waals surface area contributed by atoms with E-state index in [0.717, 1.165) is 171 Å². The lowest BCUT2D eigenvalue weighted by atomic mass is 9.99. The van der Waals surface area contributed by atoms with E-state index in [-0.39, 0.29) is 0 Å². The average molecular weight is 1810 g/mol. The van der Waals surface area contributed by atoms with Crippen LogP contribution in [-0.4, -0.2) is 44.9 Å². The molecule has 141 heavy (non-hydrogen) atoms. The van der Waals surface area contributed by atoms with Gasteiger partial charge in [0.25, 0.3) is 0 Å². The Labute approximate surface area is 811 Å². The number of furan rings is 3. The molecule has 0 saturated heterocycles. The van der Waals surface area contributed by atoms with Gasteiger partial charge in [0.1, 0.15) is 33.5 Å². The maximum absolute atomic E-state index is 6.56. The number of hydrogen-bond donors (Lipinski definition) is 0. The van der Waals surface area contributed by atoms with Crippen molar-refractivity contribution in [2.24, 2.45) is 0 Å². The van der Waals surface area contributed by atoms with E-state index in [1.165, 1.54) is 44.2 Å². The lowest BCUT2D eigenvalue weighted by Crippen LogP contribution is -2.00. The van der Waals surface area contributed by atoms with E-state index in [2.05, 4.69) is 376 Å². The van der Waals surface area contributed by atoms with Gasteiger partial charge in [0.05, 0.1) is 5.56 Å². The summed E-state index contributed by atoms with van der Waals surface area (Å²) in [5, 5.41) is 13.3. The van der Waals surface area contributed by atoms with E-state index in [4.69, 9.17) is 58.1 Å². The molecule has 27 aromatic rings. The van der Waals surface area contributed by atoms with Gasteiger partial charge in [0.15, 0.2) is 52.4 Å². The lowest BCUT2D eigenvalue weighted by Gasteiger charge is -2.10. The molecule has 27 rings (SSSR count). The largest absolute Gasteiger partial charge is 0.456 e. The van der Waals surface area contributed by atoms with Crippen molar-refractivity contribution in [2.45, 2.75) is 0 Å². The van der Waals surface area contributed by atoms with E-state index in [0.29, 0.717) is 52.4 Å². The second-order valence-electron chi connectivity index (χ2n) is 35.1. The Kier molecular flexibility index (Phi) is 21.7. The first kappa shape index (κ1) is 83.6. The normalized spacial score (nSPS) is 11.4. The SMILES string of the molecule is c1ccc(-c2ccc(-c3cccc(-c4nc(-c5ccccc5)nc(-c5ccc6c(c5)oc5cc7ccccc7cc56)n4)c3)cc2)cc1.c1ccc(-c2ccc(-c3cccc(-c4nc(-c5ccccc5)nc(-c5cccc6c5oc5cc7ccccc7cc56)n4)c3)cc2)cc1.c1ccc(-c2ccc(-c3nc(-c4ccc(-c5ccccc5)cc4)nc(-c4cccc5oc6cc7ccccc7cc6c45)n3)cc2)cc1. The van der Waals surface area contributed by atoms with Gasteiger partial charge in [-0.15, -0.1) is 0 Å². The molecule has 0 unspecified atom stereocenters. The summed E-state index contributed by atoms with van der Waals surface area (Å²) < 4.78 is 19.3. The quantitative estimate of drug-likeness (QED) is 0.0959. The summed E-state index contributed by atoms with van der Waals surface area (Å²) >= 11 is 0. The number of benzene rings is 21. The van der Waals surface area contributed by atoms with Crippen LogP contribution in [0.3, 0.4) is 0 Å². The summed E-state index contributed by atoms with van der Waals surface area (Å²) in [6.45, 7) is 0. The number of nitrogens with zero attached hydrogens (tertiary/aromatic N) is 9. The van der Waals surface area contributed by atoms with E-state index in [1.807, 2.05) is 115 Å². The average Bonchev–Trinajstić information content (AvgIpc) is 1.61. The van der Waals surface area contributed by atoms with Crippen molar-refractivity contribution in [3.8, 4) is 169 Å². The second-order valence-corrected chi connectivity index (χ2v) is 35.1. The van der Waals surface area contributed by atoms with Crippen LogP contribution < -0.4 is 0 Å². The molecule has 0 amide bonds. The van der Waals surface area contributed by atoms with Crippen molar-refractivity contribution in [1.29, 1.82) is 0 Å². The first-order chi connectivity index (χ1) is 69.8. The van der Waals surface area contributed by atoms with Crippen LogP contribution in [0.2, 0.25) is 0 Å². The Balaban J connectivity index is 0.000000111. The van der Waals surface area contributed by atoms with Gasteiger partial charge in [-0.1, -0.05) is 419 Å². The van der Waals surface area contributed by atoms with Gasteiger partial charge in [-0.3, -0.25) is 0 Å². The zero-order valence-corrected chi connectivity index (χ0v) is 76.0. The van der Waals surface area contributed by atoms with Crippen LogP contribution in [0.25, 0.3) is 267 Å². The van der Waals surface area contributed by atoms with Gasteiger partial charge in [0, 0.05) is 76.8 Å². The Hall–Kier alpha value is -19.2. The predicted octanol–water partition coefficient (Wildman–Crippen LogP) is 33.8. The molecule has 0 bridgehead atoms. The molecule has 0 aliphatic heterocycles.